The Balaban J connectivity index is 1.90. The quantitative estimate of drug-likeness (QED) is 0.707. The molecule has 1 aromatic rings. The Bertz CT molecular complexity index is 402. The number of rotatable bonds is 5. The molecule has 1 aliphatic heterocycles. The fourth-order valence-corrected chi connectivity index (χ4v) is 1.92. The number of carbonyl (C=O) groups excluding carboxylic acids is 2. The van der Waals surface area contributed by atoms with Crippen LogP contribution in [-0.2, 0) is 16.1 Å². The Hall–Kier alpha value is -1.69. The van der Waals surface area contributed by atoms with E-state index in [1.54, 1.807) is 12.4 Å². The fourth-order valence-electron chi connectivity index (χ4n) is 1.92. The highest BCUT2D eigenvalue weighted by Crippen LogP contribution is 2.13. The van der Waals surface area contributed by atoms with Crippen LogP contribution >= 0.6 is 0 Å². The van der Waals surface area contributed by atoms with Crippen molar-refractivity contribution in [1.29, 1.82) is 0 Å². The summed E-state index contributed by atoms with van der Waals surface area (Å²) in [5, 5.41) is 3.05. The zero-order valence-corrected chi connectivity index (χ0v) is 9.77. The Labute approximate surface area is 99.4 Å². The maximum Gasteiger partial charge on any atom is 0.246 e. The molecule has 2 heterocycles. The molecular formula is C11H16N4O2. The average molecular weight is 236 g/mol. The Morgan fingerprint density at radius 2 is 2.41 bits per heavy atom. The van der Waals surface area contributed by atoms with Crippen LogP contribution in [-0.4, -0.2) is 39.3 Å². The van der Waals surface area contributed by atoms with Gasteiger partial charge in [0.25, 0.3) is 0 Å². The van der Waals surface area contributed by atoms with Gasteiger partial charge in [-0.2, -0.15) is 0 Å². The number of hydrogen-bond acceptors (Lipinski definition) is 4. The van der Waals surface area contributed by atoms with E-state index >= 15 is 0 Å². The summed E-state index contributed by atoms with van der Waals surface area (Å²) in [6.07, 6.45) is 4.42. The van der Waals surface area contributed by atoms with Gasteiger partial charge in [0, 0.05) is 18.9 Å². The second-order valence-electron chi connectivity index (χ2n) is 4.06. The number of aromatic amines is 1. The lowest BCUT2D eigenvalue weighted by Crippen LogP contribution is -2.38. The lowest BCUT2D eigenvalue weighted by Gasteiger charge is -2.13. The number of aromatic nitrogens is 2. The highest BCUT2D eigenvalue weighted by atomic mass is 16.2. The maximum absolute atomic E-state index is 11.9. The van der Waals surface area contributed by atoms with Crippen LogP contribution < -0.4 is 5.32 Å². The number of hydrogen-bond donors (Lipinski definition) is 2. The zero-order chi connectivity index (χ0) is 12.3. The smallest absolute Gasteiger partial charge is 0.246 e. The molecule has 0 aliphatic carbocycles. The van der Waals surface area contributed by atoms with Crippen molar-refractivity contribution in [3.63, 3.8) is 0 Å². The van der Waals surface area contributed by atoms with E-state index in [1.165, 1.54) is 4.90 Å². The third kappa shape index (κ3) is 2.52. The van der Waals surface area contributed by atoms with Crippen molar-refractivity contribution < 1.29 is 9.59 Å². The molecule has 6 heteroatoms. The number of nitrogens with one attached hydrogen (secondary N) is 2. The summed E-state index contributed by atoms with van der Waals surface area (Å²) < 4.78 is 0. The molecule has 1 unspecified atom stereocenters. The van der Waals surface area contributed by atoms with E-state index in [9.17, 15) is 9.59 Å². The highest BCUT2D eigenvalue weighted by Gasteiger charge is 2.37. The van der Waals surface area contributed by atoms with E-state index in [0.717, 1.165) is 12.2 Å². The minimum absolute atomic E-state index is 0.0891. The van der Waals surface area contributed by atoms with Crippen LogP contribution in [0.2, 0.25) is 0 Å². The molecule has 0 bridgehead atoms. The first-order valence-electron chi connectivity index (χ1n) is 5.78. The summed E-state index contributed by atoms with van der Waals surface area (Å²) >= 11 is 0. The van der Waals surface area contributed by atoms with Gasteiger partial charge in [0.1, 0.15) is 5.82 Å². The van der Waals surface area contributed by atoms with Gasteiger partial charge in [-0.05, 0) is 6.42 Å². The van der Waals surface area contributed by atoms with Gasteiger partial charge in [0.2, 0.25) is 11.8 Å². The van der Waals surface area contributed by atoms with Crippen LogP contribution in [0.4, 0.5) is 0 Å². The normalized spacial score (nSPS) is 20.3. The minimum atomic E-state index is -0.404. The molecule has 1 fully saturated rings. The SMILES string of the molecule is CCCN1C(=O)CC(NCc2ncc[nH]2)C1=O. The molecule has 17 heavy (non-hydrogen) atoms. The number of nitrogens with zero attached hydrogens (tertiary/aromatic N) is 2. The van der Waals surface area contributed by atoms with Crippen LogP contribution in [0, 0.1) is 0 Å². The van der Waals surface area contributed by atoms with Gasteiger partial charge in [0.15, 0.2) is 0 Å². The standard InChI is InChI=1S/C11H16N4O2/c1-2-5-15-10(16)6-8(11(15)17)14-7-9-12-3-4-13-9/h3-4,8,14H,2,5-7H2,1H3,(H,12,13). The molecule has 0 saturated carbocycles. The third-order valence-electron chi connectivity index (χ3n) is 2.76. The van der Waals surface area contributed by atoms with Gasteiger partial charge in [-0.1, -0.05) is 6.92 Å². The highest BCUT2D eigenvalue weighted by molar-refractivity contribution is 6.05. The lowest BCUT2D eigenvalue weighted by atomic mass is 10.2. The van der Waals surface area contributed by atoms with Crippen LogP contribution in [0.5, 0.6) is 0 Å². The van der Waals surface area contributed by atoms with Crippen molar-refractivity contribution in [2.75, 3.05) is 6.54 Å². The van der Waals surface area contributed by atoms with Crippen LogP contribution in [0.3, 0.4) is 0 Å². The van der Waals surface area contributed by atoms with Crippen molar-refractivity contribution in [2.45, 2.75) is 32.4 Å². The summed E-state index contributed by atoms with van der Waals surface area (Å²) in [4.78, 5) is 31.8. The lowest BCUT2D eigenvalue weighted by molar-refractivity contribution is -0.138. The molecule has 0 spiro atoms. The Morgan fingerprint density at radius 1 is 1.59 bits per heavy atom. The fraction of sp³-hybridized carbons (Fsp3) is 0.545. The van der Waals surface area contributed by atoms with Crippen molar-refractivity contribution in [2.24, 2.45) is 0 Å². The molecule has 1 atom stereocenters. The minimum Gasteiger partial charge on any atom is -0.348 e. The zero-order valence-electron chi connectivity index (χ0n) is 9.77. The van der Waals surface area contributed by atoms with E-state index in [1.807, 2.05) is 6.92 Å². The monoisotopic (exact) mass is 236 g/mol. The first-order valence-corrected chi connectivity index (χ1v) is 5.78. The molecule has 0 radical (unpaired) electrons. The van der Waals surface area contributed by atoms with E-state index in [-0.39, 0.29) is 18.2 Å². The second-order valence-corrected chi connectivity index (χ2v) is 4.06. The van der Waals surface area contributed by atoms with E-state index in [2.05, 4.69) is 15.3 Å². The Kier molecular flexibility index (Phi) is 3.53. The summed E-state index contributed by atoms with van der Waals surface area (Å²) in [5.41, 5.74) is 0. The maximum atomic E-state index is 11.9. The molecule has 0 aromatic carbocycles. The van der Waals surface area contributed by atoms with Gasteiger partial charge in [-0.3, -0.25) is 19.8 Å². The van der Waals surface area contributed by atoms with Crippen molar-refractivity contribution >= 4 is 11.8 Å². The summed E-state index contributed by atoms with van der Waals surface area (Å²) in [7, 11) is 0. The van der Waals surface area contributed by atoms with Crippen molar-refractivity contribution in [3.05, 3.63) is 18.2 Å². The van der Waals surface area contributed by atoms with Gasteiger partial charge in [-0.15, -0.1) is 0 Å². The molecule has 6 nitrogen and oxygen atoms in total. The molecule has 1 saturated heterocycles. The second kappa shape index (κ2) is 5.09. The molecule has 1 aromatic heterocycles. The van der Waals surface area contributed by atoms with Gasteiger partial charge >= 0.3 is 0 Å². The number of imide groups is 1. The van der Waals surface area contributed by atoms with E-state index < -0.39 is 6.04 Å². The first kappa shape index (κ1) is 11.8. The van der Waals surface area contributed by atoms with Crippen LogP contribution in [0.15, 0.2) is 12.4 Å². The molecule has 1 aliphatic rings. The molecule has 2 amide bonds. The van der Waals surface area contributed by atoms with Crippen LogP contribution in [0.1, 0.15) is 25.6 Å². The molecule has 2 rings (SSSR count). The summed E-state index contributed by atoms with van der Waals surface area (Å²) in [5.74, 6) is 0.552. The summed E-state index contributed by atoms with van der Waals surface area (Å²) in [6.45, 7) is 2.93. The first-order chi connectivity index (χ1) is 8.22. The number of H-pyrrole nitrogens is 1. The van der Waals surface area contributed by atoms with E-state index in [4.69, 9.17) is 0 Å². The third-order valence-corrected chi connectivity index (χ3v) is 2.76. The summed E-state index contributed by atoms with van der Waals surface area (Å²) in [6, 6.07) is -0.404. The predicted octanol–water partition coefficient (Wildman–Crippen LogP) is 0.0368. The molecule has 92 valence electrons. The number of carbonyl (C=O) groups is 2. The molecular weight excluding hydrogens is 220 g/mol. The van der Waals surface area contributed by atoms with Crippen molar-refractivity contribution in [3.8, 4) is 0 Å². The predicted molar refractivity (Wildman–Crippen MR) is 60.8 cm³/mol. The number of amides is 2. The number of imidazole rings is 1. The Morgan fingerprint density at radius 3 is 3.06 bits per heavy atom. The topological polar surface area (TPSA) is 78.1 Å². The largest absolute Gasteiger partial charge is 0.348 e. The van der Waals surface area contributed by atoms with Gasteiger partial charge < -0.3 is 4.98 Å². The van der Waals surface area contributed by atoms with Gasteiger partial charge in [0.05, 0.1) is 19.0 Å². The number of likely N-dealkylation sites (tertiary alicyclic amines) is 1. The van der Waals surface area contributed by atoms with E-state index in [0.29, 0.717) is 13.1 Å². The van der Waals surface area contributed by atoms with Gasteiger partial charge in [-0.25, -0.2) is 4.98 Å². The van der Waals surface area contributed by atoms with Crippen molar-refractivity contribution in [1.82, 2.24) is 20.2 Å². The molecule has 2 N–H and O–H groups in total. The average Bonchev–Trinajstić information content (AvgIpc) is 2.90. The van der Waals surface area contributed by atoms with Crippen LogP contribution in [0.25, 0.3) is 0 Å².